The molecule has 0 unspecified atom stereocenters. The lowest BCUT2D eigenvalue weighted by Crippen LogP contribution is -2.42. The van der Waals surface area contributed by atoms with Crippen LogP contribution in [0.1, 0.15) is 18.4 Å². The number of nitrogens with one attached hydrogen (secondary N) is 1. The van der Waals surface area contributed by atoms with Crippen molar-refractivity contribution >= 4 is 16.6 Å². The summed E-state index contributed by atoms with van der Waals surface area (Å²) in [7, 11) is 1.92. The predicted octanol–water partition coefficient (Wildman–Crippen LogP) is 3.93. The van der Waals surface area contributed by atoms with Gasteiger partial charge in [0.1, 0.15) is 11.5 Å². The van der Waals surface area contributed by atoms with Crippen LogP contribution in [0.4, 0.5) is 10.2 Å². The van der Waals surface area contributed by atoms with Crippen LogP contribution in [0, 0.1) is 5.82 Å². The van der Waals surface area contributed by atoms with Gasteiger partial charge in [0, 0.05) is 55.3 Å². The van der Waals surface area contributed by atoms with Gasteiger partial charge >= 0.3 is 0 Å². The first-order chi connectivity index (χ1) is 15.2. The van der Waals surface area contributed by atoms with Crippen molar-refractivity contribution in [3.05, 3.63) is 72.2 Å². The summed E-state index contributed by atoms with van der Waals surface area (Å²) in [6, 6.07) is 17.6. The van der Waals surface area contributed by atoms with Gasteiger partial charge in [-0.25, -0.2) is 4.39 Å². The van der Waals surface area contributed by atoms with Crippen molar-refractivity contribution in [2.45, 2.75) is 25.4 Å². The zero-order valence-electron chi connectivity index (χ0n) is 17.5. The van der Waals surface area contributed by atoms with Crippen molar-refractivity contribution in [2.24, 2.45) is 7.05 Å². The van der Waals surface area contributed by atoms with E-state index in [9.17, 15) is 4.39 Å². The Balaban J connectivity index is 1.32. The number of nitrogens with zero attached hydrogens (tertiary/aromatic N) is 5. The van der Waals surface area contributed by atoms with Crippen LogP contribution in [0.3, 0.4) is 0 Å². The van der Waals surface area contributed by atoms with Crippen LogP contribution >= 0.6 is 0 Å². The Kier molecular flexibility index (Phi) is 5.34. The number of rotatable bonds is 5. The highest BCUT2D eigenvalue weighted by molar-refractivity contribution is 5.99. The van der Waals surface area contributed by atoms with E-state index in [1.54, 1.807) is 12.3 Å². The molecule has 4 aromatic rings. The molecule has 0 bridgehead atoms. The molecule has 158 valence electrons. The third kappa shape index (κ3) is 3.88. The molecular weight excluding hydrogens is 391 g/mol. The second kappa shape index (κ2) is 8.43. The van der Waals surface area contributed by atoms with Crippen molar-refractivity contribution < 1.29 is 4.39 Å². The van der Waals surface area contributed by atoms with Crippen LogP contribution in [0.25, 0.3) is 22.2 Å². The van der Waals surface area contributed by atoms with Gasteiger partial charge < -0.3 is 10.2 Å². The first kappa shape index (κ1) is 19.6. The zero-order chi connectivity index (χ0) is 21.2. The molecule has 7 heteroatoms. The predicted molar refractivity (Wildman–Crippen MR) is 120 cm³/mol. The Morgan fingerprint density at radius 3 is 2.45 bits per heavy atom. The van der Waals surface area contributed by atoms with Gasteiger partial charge in [-0.1, -0.05) is 42.5 Å². The first-order valence-electron chi connectivity index (χ1n) is 10.7. The summed E-state index contributed by atoms with van der Waals surface area (Å²) in [5, 5.41) is 19.2. The second-order valence-electron chi connectivity index (χ2n) is 7.99. The van der Waals surface area contributed by atoms with E-state index < -0.39 is 0 Å². The lowest BCUT2D eigenvalue weighted by Gasteiger charge is -2.33. The molecular formula is C24H25FN6. The molecule has 3 heterocycles. The van der Waals surface area contributed by atoms with Crippen LogP contribution < -0.4 is 10.2 Å². The van der Waals surface area contributed by atoms with Crippen molar-refractivity contribution in [1.82, 2.24) is 25.3 Å². The summed E-state index contributed by atoms with van der Waals surface area (Å²) in [6.45, 7) is 2.33. The Morgan fingerprint density at radius 1 is 0.968 bits per heavy atom. The van der Waals surface area contributed by atoms with Gasteiger partial charge in [0.05, 0.1) is 5.69 Å². The molecule has 1 aliphatic heterocycles. The van der Waals surface area contributed by atoms with Gasteiger partial charge in [-0.3, -0.25) is 4.68 Å². The van der Waals surface area contributed by atoms with Gasteiger partial charge in [-0.15, -0.1) is 10.2 Å². The number of halogens is 1. The van der Waals surface area contributed by atoms with Crippen molar-refractivity contribution in [3.8, 4) is 11.4 Å². The Morgan fingerprint density at radius 2 is 1.71 bits per heavy atom. The molecule has 0 radical (unpaired) electrons. The molecule has 31 heavy (non-hydrogen) atoms. The lowest BCUT2D eigenvalue weighted by atomic mass is 10.0. The Labute approximate surface area is 180 Å². The number of piperidine rings is 1. The van der Waals surface area contributed by atoms with E-state index >= 15 is 0 Å². The first-order valence-corrected chi connectivity index (χ1v) is 10.7. The van der Waals surface area contributed by atoms with Gasteiger partial charge in [0.2, 0.25) is 0 Å². The molecule has 0 spiro atoms. The fourth-order valence-corrected chi connectivity index (χ4v) is 4.31. The third-order valence-corrected chi connectivity index (χ3v) is 6.06. The lowest BCUT2D eigenvalue weighted by molar-refractivity contribution is 0.409. The number of aromatic nitrogens is 4. The molecule has 1 saturated heterocycles. The van der Waals surface area contributed by atoms with E-state index in [4.69, 9.17) is 0 Å². The van der Waals surface area contributed by atoms with Crippen LogP contribution in [-0.4, -0.2) is 39.1 Å². The summed E-state index contributed by atoms with van der Waals surface area (Å²) >= 11 is 0. The maximum Gasteiger partial charge on any atom is 0.159 e. The van der Waals surface area contributed by atoms with Crippen LogP contribution in [0.5, 0.6) is 0 Å². The van der Waals surface area contributed by atoms with E-state index in [0.717, 1.165) is 53.9 Å². The molecule has 1 aliphatic rings. The average Bonchev–Trinajstić information content (AvgIpc) is 3.24. The van der Waals surface area contributed by atoms with Crippen molar-refractivity contribution in [1.29, 1.82) is 0 Å². The number of anilines is 1. The van der Waals surface area contributed by atoms with E-state index in [1.165, 1.54) is 6.07 Å². The summed E-state index contributed by atoms with van der Waals surface area (Å²) in [5.41, 5.74) is 2.51. The van der Waals surface area contributed by atoms with E-state index in [2.05, 4.69) is 37.6 Å². The highest BCUT2D eigenvalue weighted by Crippen LogP contribution is 2.32. The summed E-state index contributed by atoms with van der Waals surface area (Å²) < 4.78 is 15.7. The Hall–Kier alpha value is -3.32. The average molecular weight is 417 g/mol. The molecule has 0 atom stereocenters. The van der Waals surface area contributed by atoms with Crippen LogP contribution in [0.2, 0.25) is 0 Å². The third-order valence-electron chi connectivity index (χ3n) is 6.06. The van der Waals surface area contributed by atoms with E-state index in [-0.39, 0.29) is 5.82 Å². The topological polar surface area (TPSA) is 58.9 Å². The molecule has 0 aliphatic carbocycles. The van der Waals surface area contributed by atoms with E-state index in [1.807, 2.05) is 42.1 Å². The van der Waals surface area contributed by atoms with Gasteiger partial charge in [0.25, 0.3) is 0 Å². The number of benzene rings is 2. The summed E-state index contributed by atoms with van der Waals surface area (Å²) in [6.07, 6.45) is 3.74. The maximum absolute atomic E-state index is 13.9. The number of aryl methyl sites for hydroxylation is 1. The fourth-order valence-electron chi connectivity index (χ4n) is 4.31. The van der Waals surface area contributed by atoms with Crippen LogP contribution in [-0.2, 0) is 13.6 Å². The number of hydrogen-bond acceptors (Lipinski definition) is 5. The fraction of sp³-hybridized carbons (Fsp3) is 0.292. The highest BCUT2D eigenvalue weighted by Gasteiger charge is 2.23. The van der Waals surface area contributed by atoms with Crippen molar-refractivity contribution in [3.63, 3.8) is 0 Å². The quantitative estimate of drug-likeness (QED) is 0.534. The standard InChI is InChI=1S/C24H25FN6/c1-30-22(10-13-27-30)23-19-7-3-4-8-20(19)24(29-28-23)31-14-11-18(12-15-31)26-16-17-6-2-5-9-21(17)25/h2-10,13,18,26H,11-12,14-16H2,1H3. The monoisotopic (exact) mass is 416 g/mol. The number of fused-ring (bicyclic) bond motifs is 1. The summed E-state index contributed by atoms with van der Waals surface area (Å²) in [4.78, 5) is 2.31. The maximum atomic E-state index is 13.9. The zero-order valence-corrected chi connectivity index (χ0v) is 17.5. The Bertz CT molecular complexity index is 1200. The minimum Gasteiger partial charge on any atom is -0.354 e. The molecule has 1 N–H and O–H groups in total. The minimum absolute atomic E-state index is 0.150. The minimum atomic E-state index is -0.150. The normalized spacial score (nSPS) is 15.0. The van der Waals surface area contributed by atoms with Gasteiger partial charge in [-0.05, 0) is 25.0 Å². The number of hydrogen-bond donors (Lipinski definition) is 1. The smallest absolute Gasteiger partial charge is 0.159 e. The highest BCUT2D eigenvalue weighted by atomic mass is 19.1. The molecule has 0 saturated carbocycles. The second-order valence-corrected chi connectivity index (χ2v) is 7.99. The van der Waals surface area contributed by atoms with Crippen molar-refractivity contribution in [2.75, 3.05) is 18.0 Å². The van der Waals surface area contributed by atoms with Gasteiger partial charge in [0.15, 0.2) is 5.82 Å². The largest absolute Gasteiger partial charge is 0.354 e. The molecule has 5 rings (SSSR count). The summed E-state index contributed by atoms with van der Waals surface area (Å²) in [5.74, 6) is 0.775. The molecule has 1 fully saturated rings. The molecule has 2 aromatic heterocycles. The van der Waals surface area contributed by atoms with Crippen LogP contribution in [0.15, 0.2) is 60.8 Å². The van der Waals surface area contributed by atoms with Gasteiger partial charge in [-0.2, -0.15) is 5.10 Å². The van der Waals surface area contributed by atoms with E-state index in [0.29, 0.717) is 18.2 Å². The SMILES string of the molecule is Cn1nccc1-c1nnc(N2CCC(NCc3ccccc3F)CC2)c2ccccc12. The molecule has 6 nitrogen and oxygen atoms in total. The molecule has 0 amide bonds. The molecule has 2 aromatic carbocycles.